The molecule has 0 bridgehead atoms. The third kappa shape index (κ3) is 1.18. The highest BCUT2D eigenvalue weighted by Crippen LogP contribution is 2.29. The van der Waals surface area contributed by atoms with E-state index < -0.39 is 5.97 Å². The fourth-order valence-electron chi connectivity index (χ4n) is 2.04. The Balaban J connectivity index is 2.31. The monoisotopic (exact) mass is 223 g/mol. The van der Waals surface area contributed by atoms with Crippen molar-refractivity contribution in [3.8, 4) is 0 Å². The van der Waals surface area contributed by atoms with Gasteiger partial charge in [-0.05, 0) is 25.7 Å². The Bertz CT molecular complexity index is 543. The first kappa shape index (κ1) is 8.84. The molecule has 0 saturated heterocycles. The van der Waals surface area contributed by atoms with E-state index in [0.717, 1.165) is 25.0 Å². The first-order valence-electron chi connectivity index (χ1n) is 4.86. The first-order chi connectivity index (χ1) is 7.27. The van der Waals surface area contributed by atoms with Crippen molar-refractivity contribution in [1.82, 2.24) is 14.6 Å². The zero-order valence-corrected chi connectivity index (χ0v) is 8.75. The van der Waals surface area contributed by atoms with Crippen LogP contribution in [0.4, 0.5) is 0 Å². The molecule has 1 aliphatic carbocycles. The number of hydrogen-bond acceptors (Lipinski definition) is 4. The minimum absolute atomic E-state index is 0.0457. The zero-order valence-electron chi connectivity index (χ0n) is 7.93. The number of thiazole rings is 1. The van der Waals surface area contributed by atoms with E-state index in [9.17, 15) is 4.79 Å². The largest absolute Gasteiger partial charge is 0.475 e. The molecular formula is C9H9N3O2S. The van der Waals surface area contributed by atoms with Gasteiger partial charge in [-0.2, -0.15) is 0 Å². The lowest BCUT2D eigenvalue weighted by Crippen LogP contribution is -2.09. The van der Waals surface area contributed by atoms with E-state index in [-0.39, 0.29) is 5.82 Å². The molecule has 0 aromatic carbocycles. The van der Waals surface area contributed by atoms with Crippen LogP contribution in [0.3, 0.4) is 0 Å². The van der Waals surface area contributed by atoms with Crippen LogP contribution in [0.15, 0.2) is 0 Å². The Labute approximate surface area is 89.4 Å². The van der Waals surface area contributed by atoms with Gasteiger partial charge in [0.2, 0.25) is 10.8 Å². The molecule has 15 heavy (non-hydrogen) atoms. The summed E-state index contributed by atoms with van der Waals surface area (Å²) in [6.07, 6.45) is 4.29. The third-order valence-electron chi connectivity index (χ3n) is 2.70. The number of nitrogens with zero attached hydrogens (tertiary/aromatic N) is 3. The summed E-state index contributed by atoms with van der Waals surface area (Å²) in [5, 5.41) is 16.6. The number of fused-ring (bicyclic) bond motifs is 3. The SMILES string of the molecule is O=C(O)c1nnc2sc3c(n12)CCCC3. The molecule has 2 aromatic heterocycles. The predicted octanol–water partition coefficient (Wildman–Crippen LogP) is 1.37. The lowest BCUT2D eigenvalue weighted by Gasteiger charge is -2.10. The highest BCUT2D eigenvalue weighted by molar-refractivity contribution is 7.17. The molecule has 0 aliphatic heterocycles. The summed E-state index contributed by atoms with van der Waals surface area (Å²) >= 11 is 1.56. The van der Waals surface area contributed by atoms with Crippen LogP contribution in [-0.2, 0) is 12.8 Å². The number of hydrogen-bond donors (Lipinski definition) is 1. The van der Waals surface area contributed by atoms with E-state index in [0.29, 0.717) is 4.96 Å². The van der Waals surface area contributed by atoms with E-state index in [1.54, 1.807) is 15.7 Å². The van der Waals surface area contributed by atoms with Crippen molar-refractivity contribution < 1.29 is 9.90 Å². The van der Waals surface area contributed by atoms with E-state index in [1.165, 1.54) is 11.3 Å². The molecule has 1 N–H and O–H groups in total. The summed E-state index contributed by atoms with van der Waals surface area (Å²) in [6, 6.07) is 0. The minimum Gasteiger partial charge on any atom is -0.475 e. The van der Waals surface area contributed by atoms with Gasteiger partial charge in [-0.15, -0.1) is 10.2 Å². The Morgan fingerprint density at radius 2 is 2.13 bits per heavy atom. The number of aromatic nitrogens is 3. The average Bonchev–Trinajstić information content (AvgIpc) is 2.74. The average molecular weight is 223 g/mol. The lowest BCUT2D eigenvalue weighted by atomic mass is 10.0. The van der Waals surface area contributed by atoms with Crippen LogP contribution in [0, 0.1) is 0 Å². The number of carboxylic acid groups (broad SMARTS) is 1. The molecule has 0 saturated carbocycles. The van der Waals surface area contributed by atoms with Gasteiger partial charge in [0, 0.05) is 10.6 Å². The van der Waals surface area contributed by atoms with Gasteiger partial charge < -0.3 is 5.11 Å². The third-order valence-corrected chi connectivity index (χ3v) is 3.83. The molecule has 5 nitrogen and oxygen atoms in total. The van der Waals surface area contributed by atoms with Crippen molar-refractivity contribution in [3.63, 3.8) is 0 Å². The van der Waals surface area contributed by atoms with Crippen molar-refractivity contribution in [2.75, 3.05) is 0 Å². The second kappa shape index (κ2) is 3.03. The van der Waals surface area contributed by atoms with E-state index in [4.69, 9.17) is 5.11 Å². The quantitative estimate of drug-likeness (QED) is 0.792. The molecule has 0 unspecified atom stereocenters. The summed E-state index contributed by atoms with van der Waals surface area (Å²) < 4.78 is 1.70. The molecule has 0 spiro atoms. The van der Waals surface area contributed by atoms with Crippen LogP contribution < -0.4 is 0 Å². The molecule has 3 rings (SSSR count). The van der Waals surface area contributed by atoms with Gasteiger partial charge in [0.25, 0.3) is 0 Å². The fraction of sp³-hybridized carbons (Fsp3) is 0.444. The summed E-state index contributed by atoms with van der Waals surface area (Å²) in [5.74, 6) is -0.960. The van der Waals surface area contributed by atoms with Crippen LogP contribution in [0.25, 0.3) is 4.96 Å². The normalized spacial score (nSPS) is 15.5. The van der Waals surface area contributed by atoms with Crippen molar-refractivity contribution in [1.29, 1.82) is 0 Å². The first-order valence-corrected chi connectivity index (χ1v) is 5.68. The van der Waals surface area contributed by atoms with Crippen LogP contribution in [-0.4, -0.2) is 25.7 Å². The standard InChI is InChI=1S/C9H9N3O2S/c13-8(14)7-10-11-9-12(7)5-3-1-2-4-6(5)15-9/h1-4H2,(H,13,14). The summed E-state index contributed by atoms with van der Waals surface area (Å²) in [6.45, 7) is 0. The topological polar surface area (TPSA) is 67.5 Å². The lowest BCUT2D eigenvalue weighted by molar-refractivity contribution is 0.0681. The van der Waals surface area contributed by atoms with E-state index in [2.05, 4.69) is 10.2 Å². The van der Waals surface area contributed by atoms with E-state index in [1.807, 2.05) is 0 Å². The number of carboxylic acids is 1. The van der Waals surface area contributed by atoms with Crippen molar-refractivity contribution in [3.05, 3.63) is 16.4 Å². The summed E-state index contributed by atoms with van der Waals surface area (Å²) in [4.78, 5) is 12.9. The van der Waals surface area contributed by atoms with Gasteiger partial charge in [0.05, 0.1) is 0 Å². The van der Waals surface area contributed by atoms with Crippen LogP contribution in [0.1, 0.15) is 34.0 Å². The predicted molar refractivity (Wildman–Crippen MR) is 54.5 cm³/mol. The second-order valence-electron chi connectivity index (χ2n) is 3.63. The maximum atomic E-state index is 10.9. The van der Waals surface area contributed by atoms with Crippen molar-refractivity contribution >= 4 is 22.3 Å². The Kier molecular flexibility index (Phi) is 1.79. The van der Waals surface area contributed by atoms with E-state index >= 15 is 0 Å². The Morgan fingerprint density at radius 3 is 2.93 bits per heavy atom. The van der Waals surface area contributed by atoms with Crippen molar-refractivity contribution in [2.45, 2.75) is 25.7 Å². The second-order valence-corrected chi connectivity index (χ2v) is 4.69. The molecule has 0 amide bonds. The molecule has 2 aromatic rings. The molecule has 6 heteroatoms. The van der Waals surface area contributed by atoms with Gasteiger partial charge in [-0.3, -0.25) is 4.40 Å². The molecule has 0 fully saturated rings. The Morgan fingerprint density at radius 1 is 1.33 bits per heavy atom. The fourth-order valence-corrected chi connectivity index (χ4v) is 3.18. The summed E-state index contributed by atoms with van der Waals surface area (Å²) in [7, 11) is 0. The van der Waals surface area contributed by atoms with Crippen LogP contribution in [0.5, 0.6) is 0 Å². The number of rotatable bonds is 1. The van der Waals surface area contributed by atoms with Gasteiger partial charge in [0.1, 0.15) is 0 Å². The smallest absolute Gasteiger partial charge is 0.374 e. The highest BCUT2D eigenvalue weighted by Gasteiger charge is 2.22. The molecule has 0 atom stereocenters. The highest BCUT2D eigenvalue weighted by atomic mass is 32.1. The van der Waals surface area contributed by atoms with Gasteiger partial charge in [0.15, 0.2) is 0 Å². The van der Waals surface area contributed by atoms with Crippen LogP contribution >= 0.6 is 11.3 Å². The molecule has 0 radical (unpaired) electrons. The number of carbonyl (C=O) groups is 1. The molecule has 2 heterocycles. The van der Waals surface area contributed by atoms with Gasteiger partial charge >= 0.3 is 5.97 Å². The maximum Gasteiger partial charge on any atom is 0.374 e. The number of aryl methyl sites for hydroxylation is 2. The van der Waals surface area contributed by atoms with Gasteiger partial charge in [-0.1, -0.05) is 11.3 Å². The van der Waals surface area contributed by atoms with Crippen molar-refractivity contribution in [2.24, 2.45) is 0 Å². The molecule has 1 aliphatic rings. The van der Waals surface area contributed by atoms with Gasteiger partial charge in [-0.25, -0.2) is 4.79 Å². The minimum atomic E-state index is -1.01. The number of aromatic carboxylic acids is 1. The molecule has 78 valence electrons. The summed E-state index contributed by atoms with van der Waals surface area (Å²) in [5.41, 5.74) is 1.10. The Hall–Kier alpha value is -1.43. The zero-order chi connectivity index (χ0) is 10.4. The maximum absolute atomic E-state index is 10.9. The van der Waals surface area contributed by atoms with Crippen LogP contribution in [0.2, 0.25) is 0 Å². The molecular weight excluding hydrogens is 214 g/mol.